The molecule has 0 heterocycles. The number of carboxylic acids is 3. The number of carbonyl (C=O) groups excluding carboxylic acids is 1. The third-order valence-corrected chi connectivity index (χ3v) is 6.08. The van der Waals surface area contributed by atoms with Crippen molar-refractivity contribution >= 4 is 23.9 Å². The summed E-state index contributed by atoms with van der Waals surface area (Å²) in [4.78, 5) is 47.5. The molecule has 0 fully saturated rings. The summed E-state index contributed by atoms with van der Waals surface area (Å²) in [6, 6.07) is 0. The van der Waals surface area contributed by atoms with Gasteiger partial charge in [0.25, 0.3) is 0 Å². The quantitative estimate of drug-likeness (QED) is 0.0774. The molecule has 0 aromatic rings. The smallest absolute Gasteiger partial charge is 0.320 e. The largest absolute Gasteiger partial charge is 0.480 e. The number of carboxylic acid groups (broad SMARTS) is 3. The van der Waals surface area contributed by atoms with Crippen molar-refractivity contribution in [1.82, 2.24) is 9.80 Å². The van der Waals surface area contributed by atoms with Crippen LogP contribution in [0.2, 0.25) is 0 Å². The third-order valence-electron chi connectivity index (χ3n) is 6.08. The second-order valence-electron chi connectivity index (χ2n) is 9.76. The molecule has 0 radical (unpaired) electrons. The second-order valence-corrected chi connectivity index (χ2v) is 9.76. The van der Waals surface area contributed by atoms with Crippen LogP contribution in [-0.4, -0.2) is 94.9 Å². The zero-order valence-electron chi connectivity index (χ0n) is 23.3. The highest BCUT2D eigenvalue weighted by Crippen LogP contribution is 2.10. The first-order valence-corrected chi connectivity index (χ1v) is 14.1. The summed E-state index contributed by atoms with van der Waals surface area (Å²) in [7, 11) is 0. The maximum atomic E-state index is 12.1. The first-order valence-electron chi connectivity index (χ1n) is 14.1. The monoisotopic (exact) mass is 542 g/mol. The number of ether oxygens (including phenoxy) is 1. The minimum Gasteiger partial charge on any atom is -0.480 e. The van der Waals surface area contributed by atoms with Crippen molar-refractivity contribution in [2.75, 3.05) is 45.9 Å². The molecule has 0 aromatic carbocycles. The van der Waals surface area contributed by atoms with E-state index in [2.05, 4.69) is 19.1 Å². The van der Waals surface area contributed by atoms with Crippen LogP contribution in [0.5, 0.6) is 0 Å². The lowest BCUT2D eigenvalue weighted by Crippen LogP contribution is -2.43. The van der Waals surface area contributed by atoms with E-state index in [0.29, 0.717) is 0 Å². The molecule has 0 spiro atoms. The summed E-state index contributed by atoms with van der Waals surface area (Å²) in [6.45, 7) is 0.851. The minimum atomic E-state index is -1.19. The molecule has 0 atom stereocenters. The van der Waals surface area contributed by atoms with Gasteiger partial charge in [-0.05, 0) is 32.1 Å². The molecule has 0 aliphatic heterocycles. The Morgan fingerprint density at radius 3 is 1.42 bits per heavy atom. The summed E-state index contributed by atoms with van der Waals surface area (Å²) >= 11 is 0. The molecule has 220 valence electrons. The number of esters is 1. The fourth-order valence-electron chi connectivity index (χ4n) is 4.05. The highest BCUT2D eigenvalue weighted by Gasteiger charge is 2.19. The summed E-state index contributed by atoms with van der Waals surface area (Å²) in [5.41, 5.74) is 0. The van der Waals surface area contributed by atoms with Gasteiger partial charge < -0.3 is 20.1 Å². The standard InChI is InChI=1S/C28H50N2O8/c1-2-3-4-5-6-7-8-9-10-11-12-13-14-15-16-17-20-38-28(37)24-30(23-27(35)36)19-18-29(21-25(31)32)22-26(33)34/h9-10H,2-8,11-24H2,1H3,(H,31,32)(H,33,34)(H,35,36)/b10-9+. The Kier molecular flexibility index (Phi) is 23.2. The number of allylic oxidation sites excluding steroid dienone is 2. The van der Waals surface area contributed by atoms with Crippen molar-refractivity contribution in [2.45, 2.75) is 96.8 Å². The van der Waals surface area contributed by atoms with Crippen molar-refractivity contribution in [3.05, 3.63) is 12.2 Å². The molecule has 0 rings (SSSR count). The number of rotatable bonds is 27. The molecule has 0 saturated carbocycles. The maximum Gasteiger partial charge on any atom is 0.320 e. The maximum absolute atomic E-state index is 12.1. The van der Waals surface area contributed by atoms with E-state index >= 15 is 0 Å². The molecule has 0 unspecified atom stereocenters. The molecule has 0 aliphatic rings. The average molecular weight is 543 g/mol. The first-order chi connectivity index (χ1) is 18.2. The SMILES string of the molecule is CCCCCCCC/C=C/CCCCCCCCOC(=O)CN(CCN(CC(=O)O)CC(=O)O)CC(=O)O. The highest BCUT2D eigenvalue weighted by atomic mass is 16.5. The van der Waals surface area contributed by atoms with E-state index in [1.54, 1.807) is 0 Å². The van der Waals surface area contributed by atoms with Gasteiger partial charge in [-0.15, -0.1) is 0 Å². The molecule has 0 saturated heterocycles. The van der Waals surface area contributed by atoms with Crippen LogP contribution in [0.1, 0.15) is 96.8 Å². The van der Waals surface area contributed by atoms with E-state index < -0.39 is 43.5 Å². The topological polar surface area (TPSA) is 145 Å². The second kappa shape index (κ2) is 24.9. The Hall–Kier alpha value is -2.46. The van der Waals surface area contributed by atoms with Gasteiger partial charge in [-0.2, -0.15) is 0 Å². The zero-order valence-corrected chi connectivity index (χ0v) is 23.3. The van der Waals surface area contributed by atoms with E-state index in [4.69, 9.17) is 20.1 Å². The van der Waals surface area contributed by atoms with Crippen molar-refractivity contribution in [1.29, 1.82) is 0 Å². The van der Waals surface area contributed by atoms with Crippen LogP contribution in [0.25, 0.3) is 0 Å². The summed E-state index contributed by atoms with van der Waals surface area (Å²) in [6.07, 6.45) is 21.2. The number of aliphatic carboxylic acids is 3. The van der Waals surface area contributed by atoms with E-state index in [9.17, 15) is 19.2 Å². The predicted molar refractivity (Wildman–Crippen MR) is 146 cm³/mol. The fraction of sp³-hybridized carbons (Fsp3) is 0.786. The molecule has 0 aliphatic carbocycles. The van der Waals surface area contributed by atoms with Crippen LogP contribution in [-0.2, 0) is 23.9 Å². The van der Waals surface area contributed by atoms with Gasteiger partial charge in [0.1, 0.15) is 0 Å². The molecule has 38 heavy (non-hydrogen) atoms. The Balaban J connectivity index is 3.92. The van der Waals surface area contributed by atoms with Gasteiger partial charge in [0.2, 0.25) is 0 Å². The normalized spacial score (nSPS) is 11.4. The Labute approximate surface area is 228 Å². The van der Waals surface area contributed by atoms with E-state index in [-0.39, 0.29) is 26.2 Å². The van der Waals surface area contributed by atoms with Crippen LogP contribution >= 0.6 is 0 Å². The minimum absolute atomic E-state index is 0.00588. The Bertz CT molecular complexity index is 668. The van der Waals surface area contributed by atoms with Crippen LogP contribution in [0.3, 0.4) is 0 Å². The Morgan fingerprint density at radius 1 is 0.579 bits per heavy atom. The van der Waals surface area contributed by atoms with Crippen molar-refractivity contribution < 1.29 is 39.2 Å². The van der Waals surface area contributed by atoms with Gasteiger partial charge in [0, 0.05) is 13.1 Å². The number of hydrogen-bond acceptors (Lipinski definition) is 7. The molecular formula is C28H50N2O8. The lowest BCUT2D eigenvalue weighted by molar-refractivity contribution is -0.148. The zero-order chi connectivity index (χ0) is 28.4. The van der Waals surface area contributed by atoms with Crippen LogP contribution < -0.4 is 0 Å². The Morgan fingerprint density at radius 2 is 0.974 bits per heavy atom. The molecule has 10 nitrogen and oxygen atoms in total. The third kappa shape index (κ3) is 25.2. The van der Waals surface area contributed by atoms with Gasteiger partial charge in [0.15, 0.2) is 0 Å². The summed E-state index contributed by atoms with van der Waals surface area (Å²) in [5, 5.41) is 26.9. The van der Waals surface area contributed by atoms with Gasteiger partial charge in [-0.3, -0.25) is 29.0 Å². The lowest BCUT2D eigenvalue weighted by Gasteiger charge is -2.24. The molecule has 10 heteroatoms. The fourth-order valence-corrected chi connectivity index (χ4v) is 4.05. The predicted octanol–water partition coefficient (Wildman–Crippen LogP) is 4.42. The van der Waals surface area contributed by atoms with E-state index in [0.717, 1.165) is 37.0 Å². The van der Waals surface area contributed by atoms with Gasteiger partial charge in [0.05, 0.1) is 32.8 Å². The van der Waals surface area contributed by atoms with Gasteiger partial charge in [-0.1, -0.05) is 76.9 Å². The first kappa shape index (κ1) is 35.5. The summed E-state index contributed by atoms with van der Waals surface area (Å²) in [5.74, 6) is -4.08. The average Bonchev–Trinajstić information content (AvgIpc) is 2.83. The molecule has 0 amide bonds. The van der Waals surface area contributed by atoms with Crippen molar-refractivity contribution in [3.8, 4) is 0 Å². The molecule has 0 aromatic heterocycles. The number of nitrogens with zero attached hydrogens (tertiary/aromatic N) is 2. The van der Waals surface area contributed by atoms with Crippen LogP contribution in [0.4, 0.5) is 0 Å². The van der Waals surface area contributed by atoms with Crippen LogP contribution in [0, 0.1) is 0 Å². The highest BCUT2D eigenvalue weighted by molar-refractivity contribution is 5.74. The van der Waals surface area contributed by atoms with Crippen molar-refractivity contribution in [2.24, 2.45) is 0 Å². The number of unbranched alkanes of at least 4 members (excludes halogenated alkanes) is 12. The van der Waals surface area contributed by atoms with Gasteiger partial charge in [-0.25, -0.2) is 0 Å². The number of carbonyl (C=O) groups is 4. The van der Waals surface area contributed by atoms with E-state index in [1.807, 2.05) is 0 Å². The molecule has 0 bridgehead atoms. The van der Waals surface area contributed by atoms with E-state index in [1.165, 1.54) is 62.7 Å². The van der Waals surface area contributed by atoms with Crippen LogP contribution in [0.15, 0.2) is 12.2 Å². The molecule has 3 N–H and O–H groups in total. The van der Waals surface area contributed by atoms with Crippen molar-refractivity contribution in [3.63, 3.8) is 0 Å². The molecular weight excluding hydrogens is 492 g/mol. The lowest BCUT2D eigenvalue weighted by atomic mass is 10.1. The van der Waals surface area contributed by atoms with Gasteiger partial charge >= 0.3 is 23.9 Å². The number of hydrogen-bond donors (Lipinski definition) is 3. The summed E-state index contributed by atoms with van der Waals surface area (Å²) < 4.78 is 5.22.